The summed E-state index contributed by atoms with van der Waals surface area (Å²) in [5, 5.41) is 9.42. The lowest BCUT2D eigenvalue weighted by atomic mass is 10.1. The van der Waals surface area contributed by atoms with E-state index < -0.39 is 0 Å². The average molecular weight is 165 g/mol. The third kappa shape index (κ3) is 1.38. The van der Waals surface area contributed by atoms with E-state index in [4.69, 9.17) is 0 Å². The van der Waals surface area contributed by atoms with E-state index in [2.05, 4.69) is 15.5 Å². The van der Waals surface area contributed by atoms with E-state index in [1.54, 1.807) is 12.3 Å². The molecule has 1 aromatic rings. The maximum absolute atomic E-state index is 10.9. The van der Waals surface area contributed by atoms with Crippen molar-refractivity contribution in [3.8, 4) is 0 Å². The fourth-order valence-corrected chi connectivity index (χ4v) is 1.55. The van der Waals surface area contributed by atoms with Gasteiger partial charge in [-0.05, 0) is 24.9 Å². The van der Waals surface area contributed by atoms with Crippen LogP contribution in [0, 0.1) is 0 Å². The molecule has 0 aromatic carbocycles. The number of hydrogen-bond donors (Lipinski definition) is 2. The zero-order chi connectivity index (χ0) is 8.39. The summed E-state index contributed by atoms with van der Waals surface area (Å²) in [6.45, 7) is 1.04. The molecule has 1 aliphatic heterocycles. The number of nitrogens with zero attached hydrogens (tertiary/aromatic N) is 1. The van der Waals surface area contributed by atoms with Gasteiger partial charge in [0.2, 0.25) is 0 Å². The molecule has 0 aliphatic carbocycles. The highest BCUT2D eigenvalue weighted by molar-refractivity contribution is 5.12. The Morgan fingerprint density at radius 1 is 1.58 bits per heavy atom. The number of nitrogens with one attached hydrogen (secondary N) is 2. The van der Waals surface area contributed by atoms with E-state index >= 15 is 0 Å². The Labute approximate surface area is 70.0 Å². The van der Waals surface area contributed by atoms with Crippen LogP contribution in [0.3, 0.4) is 0 Å². The molecule has 0 bridgehead atoms. The Morgan fingerprint density at radius 3 is 3.17 bits per heavy atom. The van der Waals surface area contributed by atoms with Gasteiger partial charge in [-0.25, -0.2) is 5.10 Å². The van der Waals surface area contributed by atoms with Gasteiger partial charge < -0.3 is 5.32 Å². The van der Waals surface area contributed by atoms with Crippen molar-refractivity contribution in [1.29, 1.82) is 0 Å². The van der Waals surface area contributed by atoms with Crippen LogP contribution < -0.4 is 10.9 Å². The zero-order valence-corrected chi connectivity index (χ0v) is 6.71. The maximum atomic E-state index is 10.9. The average Bonchev–Trinajstić information content (AvgIpc) is 2.56. The molecular weight excluding hydrogens is 154 g/mol. The van der Waals surface area contributed by atoms with Crippen LogP contribution in [0.5, 0.6) is 0 Å². The number of H-pyrrole nitrogens is 1. The molecule has 1 aromatic heterocycles. The molecule has 64 valence electrons. The molecule has 2 rings (SSSR count). The van der Waals surface area contributed by atoms with Crippen LogP contribution >= 0.6 is 0 Å². The Bertz CT molecular complexity index is 314. The van der Waals surface area contributed by atoms with Crippen molar-refractivity contribution in [1.82, 2.24) is 15.5 Å². The summed E-state index contributed by atoms with van der Waals surface area (Å²) in [4.78, 5) is 10.9. The first-order valence-corrected chi connectivity index (χ1v) is 4.14. The topological polar surface area (TPSA) is 57.8 Å². The largest absolute Gasteiger partial charge is 0.310 e. The first kappa shape index (κ1) is 7.49. The van der Waals surface area contributed by atoms with Gasteiger partial charge in [-0.3, -0.25) is 4.79 Å². The molecule has 1 atom stereocenters. The van der Waals surface area contributed by atoms with Crippen molar-refractivity contribution >= 4 is 0 Å². The van der Waals surface area contributed by atoms with E-state index in [0.29, 0.717) is 6.04 Å². The van der Waals surface area contributed by atoms with Crippen LogP contribution in [0.1, 0.15) is 24.4 Å². The molecule has 4 nitrogen and oxygen atoms in total. The molecule has 4 heteroatoms. The van der Waals surface area contributed by atoms with E-state index in [-0.39, 0.29) is 5.56 Å². The van der Waals surface area contributed by atoms with Crippen molar-refractivity contribution in [3.63, 3.8) is 0 Å². The Hall–Kier alpha value is -1.16. The number of rotatable bonds is 1. The van der Waals surface area contributed by atoms with Crippen LogP contribution in [-0.4, -0.2) is 16.7 Å². The van der Waals surface area contributed by atoms with Gasteiger partial charge in [0, 0.05) is 12.1 Å². The van der Waals surface area contributed by atoms with Crippen molar-refractivity contribution in [3.05, 3.63) is 28.2 Å². The standard InChI is InChI=1S/C8H11N3O/c12-8-4-6(5-10-11-8)7-2-1-3-9-7/h4-5,7,9H,1-3H2,(H,11,12). The summed E-state index contributed by atoms with van der Waals surface area (Å²) in [6, 6.07) is 1.94. The van der Waals surface area contributed by atoms with Gasteiger partial charge in [-0.2, -0.15) is 5.10 Å². The molecule has 12 heavy (non-hydrogen) atoms. The normalized spacial score (nSPS) is 22.8. The second-order valence-electron chi connectivity index (χ2n) is 3.03. The smallest absolute Gasteiger partial charge is 0.264 e. The van der Waals surface area contributed by atoms with E-state index in [9.17, 15) is 4.79 Å². The molecule has 2 N–H and O–H groups in total. The molecule has 2 heterocycles. The van der Waals surface area contributed by atoms with Crippen LogP contribution in [0.15, 0.2) is 17.1 Å². The summed E-state index contributed by atoms with van der Waals surface area (Å²) in [5.41, 5.74) is 0.873. The highest BCUT2D eigenvalue weighted by atomic mass is 16.1. The number of hydrogen-bond acceptors (Lipinski definition) is 3. The Kier molecular flexibility index (Phi) is 1.91. The minimum absolute atomic E-state index is 0.124. The minimum Gasteiger partial charge on any atom is -0.310 e. The molecule has 1 aliphatic rings. The number of aromatic nitrogens is 2. The Morgan fingerprint density at radius 2 is 2.50 bits per heavy atom. The molecule has 0 radical (unpaired) electrons. The highest BCUT2D eigenvalue weighted by Gasteiger charge is 2.16. The second kappa shape index (κ2) is 3.06. The fourth-order valence-electron chi connectivity index (χ4n) is 1.55. The van der Waals surface area contributed by atoms with Gasteiger partial charge in [0.1, 0.15) is 0 Å². The molecule has 0 spiro atoms. The van der Waals surface area contributed by atoms with Crippen molar-refractivity contribution in [2.24, 2.45) is 0 Å². The van der Waals surface area contributed by atoms with Crippen LogP contribution in [0.2, 0.25) is 0 Å². The van der Waals surface area contributed by atoms with E-state index in [1.165, 1.54) is 6.42 Å². The quantitative estimate of drug-likeness (QED) is 0.624. The first-order chi connectivity index (χ1) is 5.86. The lowest BCUT2D eigenvalue weighted by molar-refractivity contribution is 0.640. The summed E-state index contributed by atoms with van der Waals surface area (Å²) < 4.78 is 0. The minimum atomic E-state index is -0.124. The third-order valence-corrected chi connectivity index (χ3v) is 2.15. The molecule has 1 saturated heterocycles. The lowest BCUT2D eigenvalue weighted by Gasteiger charge is -2.07. The lowest BCUT2D eigenvalue weighted by Crippen LogP contribution is -2.16. The highest BCUT2D eigenvalue weighted by Crippen LogP contribution is 2.20. The summed E-state index contributed by atoms with van der Waals surface area (Å²) in [6.07, 6.45) is 3.99. The first-order valence-electron chi connectivity index (χ1n) is 4.14. The third-order valence-electron chi connectivity index (χ3n) is 2.15. The van der Waals surface area contributed by atoms with Crippen LogP contribution in [0.4, 0.5) is 0 Å². The second-order valence-corrected chi connectivity index (χ2v) is 3.03. The van der Waals surface area contributed by atoms with Crippen LogP contribution in [0.25, 0.3) is 0 Å². The zero-order valence-electron chi connectivity index (χ0n) is 6.71. The predicted molar refractivity (Wildman–Crippen MR) is 44.8 cm³/mol. The molecule has 1 fully saturated rings. The van der Waals surface area contributed by atoms with Crippen molar-refractivity contribution < 1.29 is 0 Å². The number of aromatic amines is 1. The van der Waals surface area contributed by atoms with E-state index in [0.717, 1.165) is 18.5 Å². The van der Waals surface area contributed by atoms with Gasteiger partial charge in [0.25, 0.3) is 5.56 Å². The van der Waals surface area contributed by atoms with Gasteiger partial charge >= 0.3 is 0 Å². The summed E-state index contributed by atoms with van der Waals surface area (Å²) in [7, 11) is 0. The molecule has 1 unspecified atom stereocenters. The van der Waals surface area contributed by atoms with Crippen LogP contribution in [-0.2, 0) is 0 Å². The van der Waals surface area contributed by atoms with Gasteiger partial charge in [-0.15, -0.1) is 0 Å². The summed E-state index contributed by atoms with van der Waals surface area (Å²) in [5.74, 6) is 0. The van der Waals surface area contributed by atoms with Gasteiger partial charge in [-0.1, -0.05) is 0 Å². The fraction of sp³-hybridized carbons (Fsp3) is 0.500. The SMILES string of the molecule is O=c1cc(C2CCCN2)cn[nH]1. The molecular formula is C8H11N3O. The van der Waals surface area contributed by atoms with Crippen molar-refractivity contribution in [2.75, 3.05) is 6.54 Å². The van der Waals surface area contributed by atoms with E-state index in [1.807, 2.05) is 0 Å². The monoisotopic (exact) mass is 165 g/mol. The molecule has 0 amide bonds. The van der Waals surface area contributed by atoms with Crippen molar-refractivity contribution in [2.45, 2.75) is 18.9 Å². The van der Waals surface area contributed by atoms with Gasteiger partial charge in [0.15, 0.2) is 0 Å². The molecule has 0 saturated carbocycles. The summed E-state index contributed by atoms with van der Waals surface area (Å²) >= 11 is 0. The maximum Gasteiger partial charge on any atom is 0.264 e. The van der Waals surface area contributed by atoms with Gasteiger partial charge in [0.05, 0.1) is 6.20 Å². The predicted octanol–water partition coefficient (Wildman–Crippen LogP) is 0.194. The Balaban J connectivity index is 2.27.